The van der Waals surface area contributed by atoms with E-state index in [1.807, 2.05) is 0 Å². The fourth-order valence-electron chi connectivity index (χ4n) is 2.35. The Balaban J connectivity index is -0.000000126. The molecule has 8 heteroatoms. The molecule has 0 heterocycles. The summed E-state index contributed by atoms with van der Waals surface area (Å²) in [4.78, 5) is 28.5. The van der Waals surface area contributed by atoms with E-state index in [2.05, 4.69) is 19.1 Å². The Hall–Kier alpha value is -0.655. The van der Waals surface area contributed by atoms with Gasteiger partial charge in [0, 0.05) is 6.42 Å². The van der Waals surface area contributed by atoms with Crippen LogP contribution in [0.4, 0.5) is 0 Å². The third-order valence-electron chi connectivity index (χ3n) is 3.84. The van der Waals surface area contributed by atoms with Gasteiger partial charge in [-0.1, -0.05) is 70.4 Å². The van der Waals surface area contributed by atoms with Crippen molar-refractivity contribution in [2.75, 3.05) is 0 Å². The maximum Gasteiger partial charge on any atom is 1.00 e. The first-order chi connectivity index (χ1) is 12.4. The minimum atomic E-state index is -1.82. The van der Waals surface area contributed by atoms with Crippen LogP contribution in [0, 0.1) is 0 Å². The van der Waals surface area contributed by atoms with E-state index in [0.29, 0.717) is 6.42 Å². The van der Waals surface area contributed by atoms with Crippen LogP contribution in [0.2, 0.25) is 0 Å². The third kappa shape index (κ3) is 36.3. The van der Waals surface area contributed by atoms with E-state index >= 15 is 0 Å². The summed E-state index contributed by atoms with van der Waals surface area (Å²) in [6, 6.07) is 0. The molecule has 0 unspecified atom stereocenters. The molecule has 0 aliphatic rings. The van der Waals surface area contributed by atoms with Crippen LogP contribution in [0.25, 0.3) is 0 Å². The maximum absolute atomic E-state index is 10.3. The van der Waals surface area contributed by atoms with Gasteiger partial charge in [-0.05, 0) is 32.1 Å². The predicted molar refractivity (Wildman–Crippen MR) is 105 cm³/mol. The van der Waals surface area contributed by atoms with Crippen molar-refractivity contribution < 1.29 is 70.3 Å². The Morgan fingerprint density at radius 3 is 1.36 bits per heavy atom. The molecule has 0 aliphatic heterocycles. The summed E-state index contributed by atoms with van der Waals surface area (Å²) in [5.74, 6) is -4.31. The minimum Gasteiger partial charge on any atom is -1.00 e. The fraction of sp³-hybridized carbons (Fsp3) is 0.750. The molecule has 0 saturated carbocycles. The van der Waals surface area contributed by atoms with Crippen LogP contribution in [-0.4, -0.2) is 33.2 Å². The number of hydrogen-bond acceptors (Lipinski definition) is 3. The van der Waals surface area contributed by atoms with Gasteiger partial charge >= 0.3 is 55.6 Å². The summed E-state index contributed by atoms with van der Waals surface area (Å²) in [6.45, 7) is 2.26. The summed E-state index contributed by atoms with van der Waals surface area (Å²) in [6.07, 6.45) is 21.2. The maximum atomic E-state index is 10.3. The normalized spacial score (nSPS) is 9.61. The number of carbonyl (C=O) groups is 3. The van der Waals surface area contributed by atoms with Crippen LogP contribution in [-0.2, 0) is 14.4 Å². The smallest absolute Gasteiger partial charge is 1.00 e. The zero-order valence-corrected chi connectivity index (χ0v) is 18.1. The van der Waals surface area contributed by atoms with Gasteiger partial charge in [-0.25, -0.2) is 9.59 Å². The number of hydrogen-bond donors (Lipinski definition) is 3. The van der Waals surface area contributed by atoms with Gasteiger partial charge in [0.1, 0.15) is 0 Å². The van der Waals surface area contributed by atoms with Gasteiger partial charge in [0.25, 0.3) is 0 Å². The summed E-state index contributed by atoms with van der Waals surface area (Å²) in [7, 11) is 0. The quantitative estimate of drug-likeness (QED) is 0.151. The second kappa shape index (κ2) is 28.6. The average molecular weight is 388 g/mol. The molecule has 0 amide bonds. The van der Waals surface area contributed by atoms with E-state index in [4.69, 9.17) is 24.9 Å². The van der Waals surface area contributed by atoms with Crippen LogP contribution < -0.4 is 37.7 Å². The van der Waals surface area contributed by atoms with Crippen molar-refractivity contribution in [3.8, 4) is 0 Å². The molecule has 3 N–H and O–H groups in total. The number of aliphatic carboxylic acids is 3. The number of carboxylic acids is 3. The van der Waals surface area contributed by atoms with Crippen LogP contribution >= 0.6 is 0 Å². The van der Waals surface area contributed by atoms with Crippen molar-refractivity contribution in [3.05, 3.63) is 12.2 Å². The Morgan fingerprint density at radius 1 is 0.643 bits per heavy atom. The fourth-order valence-corrected chi connectivity index (χ4v) is 2.35. The summed E-state index contributed by atoms with van der Waals surface area (Å²) in [5.41, 5.74) is 0. The first kappa shape index (κ1) is 34.8. The standard InChI is InChI=1S/C18H34O2.C2H2O4.2Li.2H/c1-2-3-4-5-6-7-8-9-10-11-12-13-14-15-16-17-18(19)20;3-1(4)2(5)6;;;;/h9-10H,2-8,11-17H2,1H3,(H,19,20);(H,3,4)(H,5,6);;;;/q;;2*+1;2*-1/b10-9-;;;;;. The van der Waals surface area contributed by atoms with Gasteiger partial charge in [-0.2, -0.15) is 0 Å². The SMILES string of the molecule is CCCCCCCC/C=C\CCCCCCCC(=O)O.O=C(O)C(=O)O.[H-].[H-].[Li+].[Li+]. The van der Waals surface area contributed by atoms with E-state index in [1.165, 1.54) is 70.6 Å². The van der Waals surface area contributed by atoms with E-state index in [0.717, 1.165) is 12.8 Å². The van der Waals surface area contributed by atoms with E-state index < -0.39 is 17.9 Å². The Labute approximate surface area is 196 Å². The Kier molecular flexibility index (Phi) is 35.5. The second-order valence-electron chi connectivity index (χ2n) is 6.34. The molecule has 0 aromatic heterocycles. The van der Waals surface area contributed by atoms with Crippen molar-refractivity contribution in [1.82, 2.24) is 0 Å². The first-order valence-electron chi connectivity index (χ1n) is 9.74. The zero-order chi connectivity index (χ0) is 20.0. The molecule has 0 aromatic rings. The van der Waals surface area contributed by atoms with Crippen LogP contribution in [0.5, 0.6) is 0 Å². The Bertz CT molecular complexity index is 399. The third-order valence-corrected chi connectivity index (χ3v) is 3.84. The van der Waals surface area contributed by atoms with E-state index in [9.17, 15) is 4.79 Å². The molecule has 6 nitrogen and oxygen atoms in total. The number of unbranched alkanes of at least 4 members (excludes halogenated alkanes) is 11. The predicted octanol–water partition coefficient (Wildman–Crippen LogP) is -0.503. The van der Waals surface area contributed by atoms with Gasteiger partial charge in [0.15, 0.2) is 0 Å². The first-order valence-corrected chi connectivity index (χ1v) is 9.74. The topological polar surface area (TPSA) is 112 Å². The number of carboxylic acid groups (broad SMARTS) is 3. The van der Waals surface area contributed by atoms with Crippen LogP contribution in [0.3, 0.4) is 0 Å². The molecule has 0 aromatic carbocycles. The molecule has 0 rings (SSSR count). The number of allylic oxidation sites excluding steroid dienone is 2. The van der Waals surface area contributed by atoms with E-state index in [-0.39, 0.29) is 40.6 Å². The van der Waals surface area contributed by atoms with Gasteiger partial charge in [0.2, 0.25) is 0 Å². The zero-order valence-electron chi connectivity index (χ0n) is 20.1. The van der Waals surface area contributed by atoms with Crippen molar-refractivity contribution in [3.63, 3.8) is 0 Å². The monoisotopic (exact) mass is 388 g/mol. The van der Waals surface area contributed by atoms with Gasteiger partial charge in [-0.15, -0.1) is 0 Å². The van der Waals surface area contributed by atoms with Crippen LogP contribution in [0.15, 0.2) is 12.2 Å². The summed E-state index contributed by atoms with van der Waals surface area (Å²) >= 11 is 0. The van der Waals surface area contributed by atoms with Gasteiger partial charge < -0.3 is 18.2 Å². The molecule has 156 valence electrons. The van der Waals surface area contributed by atoms with Crippen LogP contribution in [0.1, 0.15) is 99.7 Å². The Morgan fingerprint density at radius 2 is 1.00 bits per heavy atom. The summed E-state index contributed by atoms with van der Waals surface area (Å²) in [5, 5.41) is 23.3. The molecule has 28 heavy (non-hydrogen) atoms. The molecule has 0 bridgehead atoms. The molecular formula is C20H38Li2O6. The average Bonchev–Trinajstić information content (AvgIpc) is 2.58. The van der Waals surface area contributed by atoms with Crippen molar-refractivity contribution in [2.24, 2.45) is 0 Å². The largest absolute Gasteiger partial charge is 1.00 e. The van der Waals surface area contributed by atoms with Gasteiger partial charge in [0.05, 0.1) is 0 Å². The summed E-state index contributed by atoms with van der Waals surface area (Å²) < 4.78 is 0. The minimum absolute atomic E-state index is 0. The second-order valence-corrected chi connectivity index (χ2v) is 6.34. The van der Waals surface area contributed by atoms with Crippen molar-refractivity contribution in [2.45, 2.75) is 96.8 Å². The van der Waals surface area contributed by atoms with Gasteiger partial charge in [-0.3, -0.25) is 4.79 Å². The van der Waals surface area contributed by atoms with Crippen molar-refractivity contribution in [1.29, 1.82) is 0 Å². The molecular weight excluding hydrogens is 350 g/mol. The molecule has 0 fully saturated rings. The van der Waals surface area contributed by atoms with E-state index in [1.54, 1.807) is 0 Å². The molecule has 0 atom stereocenters. The molecule has 0 saturated heterocycles. The molecule has 0 aliphatic carbocycles. The number of rotatable bonds is 15. The molecule has 0 spiro atoms. The molecule has 0 radical (unpaired) electrons. The van der Waals surface area contributed by atoms with Crippen molar-refractivity contribution >= 4 is 17.9 Å².